The summed E-state index contributed by atoms with van der Waals surface area (Å²) in [7, 11) is 0. The van der Waals surface area contributed by atoms with Crippen molar-refractivity contribution in [3.63, 3.8) is 0 Å². The number of carbonyl (C=O) groups excluding carboxylic acids is 1. The molecule has 1 heterocycles. The Morgan fingerprint density at radius 3 is 2.54 bits per heavy atom. The van der Waals surface area contributed by atoms with Gasteiger partial charge in [0.05, 0.1) is 0 Å². The van der Waals surface area contributed by atoms with Crippen molar-refractivity contribution in [1.82, 2.24) is 10.3 Å². The van der Waals surface area contributed by atoms with Crippen LogP contribution in [0.5, 0.6) is 0 Å². The first kappa shape index (κ1) is 18.8. The van der Waals surface area contributed by atoms with Crippen LogP contribution in [-0.4, -0.2) is 17.4 Å². The number of H-pyrrole nitrogens is 1. The van der Waals surface area contributed by atoms with Gasteiger partial charge in [-0.15, -0.1) is 0 Å². The van der Waals surface area contributed by atoms with Crippen LogP contribution in [0.2, 0.25) is 5.02 Å². The zero-order valence-corrected chi connectivity index (χ0v) is 16.4. The predicted octanol–water partition coefficient (Wildman–Crippen LogP) is 4.81. The molecule has 2 N–H and O–H groups in total. The average Bonchev–Trinajstić information content (AvgIpc) is 2.72. The maximum Gasteiger partial charge on any atom is 0.261 e. The Balaban J connectivity index is 1.61. The molecule has 144 valence electrons. The summed E-state index contributed by atoms with van der Waals surface area (Å²) in [5.74, 6) is -0.344. The molecule has 1 fully saturated rings. The third-order valence-electron chi connectivity index (χ3n) is 5.84. The van der Waals surface area contributed by atoms with Crippen LogP contribution in [0.1, 0.15) is 48.0 Å². The first-order valence-electron chi connectivity index (χ1n) is 9.74. The van der Waals surface area contributed by atoms with E-state index in [1.807, 2.05) is 42.5 Å². The molecule has 3 aromatic rings. The molecular weight excluding hydrogens is 372 g/mol. The van der Waals surface area contributed by atoms with Crippen molar-refractivity contribution in [1.29, 1.82) is 0 Å². The second kappa shape index (κ2) is 7.80. The van der Waals surface area contributed by atoms with Crippen molar-refractivity contribution >= 4 is 28.4 Å². The number of benzene rings is 2. The van der Waals surface area contributed by atoms with Crippen LogP contribution in [-0.2, 0) is 5.41 Å². The van der Waals surface area contributed by atoms with Gasteiger partial charge in [0.25, 0.3) is 11.5 Å². The largest absolute Gasteiger partial charge is 0.351 e. The fourth-order valence-electron chi connectivity index (χ4n) is 4.32. The molecule has 1 saturated carbocycles. The quantitative estimate of drug-likeness (QED) is 0.666. The van der Waals surface area contributed by atoms with Gasteiger partial charge in [0.15, 0.2) is 0 Å². The zero-order chi connectivity index (χ0) is 19.6. The van der Waals surface area contributed by atoms with Gasteiger partial charge in [-0.25, -0.2) is 0 Å². The summed E-state index contributed by atoms with van der Waals surface area (Å²) in [4.78, 5) is 28.0. The molecule has 0 spiro atoms. The molecule has 0 radical (unpaired) electrons. The predicted molar refractivity (Wildman–Crippen MR) is 113 cm³/mol. The minimum atomic E-state index is -0.369. The molecule has 1 amide bonds. The Labute approximate surface area is 168 Å². The van der Waals surface area contributed by atoms with Gasteiger partial charge in [-0.1, -0.05) is 67.3 Å². The summed E-state index contributed by atoms with van der Waals surface area (Å²) < 4.78 is 0. The lowest BCUT2D eigenvalue weighted by atomic mass is 9.69. The molecule has 0 saturated heterocycles. The second-order valence-electron chi connectivity index (χ2n) is 7.60. The molecule has 28 heavy (non-hydrogen) atoms. The molecule has 1 aromatic heterocycles. The Hall–Kier alpha value is -2.59. The lowest BCUT2D eigenvalue weighted by Crippen LogP contribution is -2.43. The van der Waals surface area contributed by atoms with E-state index < -0.39 is 0 Å². The molecule has 2 aromatic carbocycles. The Morgan fingerprint density at radius 1 is 1.04 bits per heavy atom. The molecular formula is C23H23ClN2O2. The van der Waals surface area contributed by atoms with Crippen molar-refractivity contribution in [2.75, 3.05) is 6.54 Å². The molecule has 0 bridgehead atoms. The lowest BCUT2D eigenvalue weighted by molar-refractivity contribution is 0.0935. The fraction of sp³-hybridized carbons (Fsp3) is 0.304. The summed E-state index contributed by atoms with van der Waals surface area (Å²) >= 11 is 6.50. The number of amides is 1. The Bertz CT molecular complexity index is 1070. The second-order valence-corrected chi connectivity index (χ2v) is 8.01. The molecule has 1 aliphatic rings. The van der Waals surface area contributed by atoms with Crippen LogP contribution in [0.15, 0.2) is 59.4 Å². The van der Waals surface area contributed by atoms with E-state index in [0.717, 1.165) is 47.2 Å². The SMILES string of the molecule is O=C(NCC1(c2ccccc2Cl)CCCCC1)c1cc2ccccc2[nH]c1=O. The summed E-state index contributed by atoms with van der Waals surface area (Å²) in [6.45, 7) is 0.474. The Morgan fingerprint density at radius 2 is 1.75 bits per heavy atom. The molecule has 1 aliphatic carbocycles. The zero-order valence-electron chi connectivity index (χ0n) is 15.6. The maximum atomic E-state index is 12.8. The normalized spacial score (nSPS) is 16.0. The first-order valence-corrected chi connectivity index (χ1v) is 10.1. The average molecular weight is 395 g/mol. The maximum absolute atomic E-state index is 12.8. The van der Waals surface area contributed by atoms with E-state index in [4.69, 9.17) is 11.6 Å². The molecule has 0 aliphatic heterocycles. The number of aromatic nitrogens is 1. The van der Waals surface area contributed by atoms with E-state index in [1.54, 1.807) is 6.07 Å². The molecule has 5 heteroatoms. The Kier molecular flexibility index (Phi) is 5.23. The van der Waals surface area contributed by atoms with Crippen LogP contribution in [0, 0.1) is 0 Å². The van der Waals surface area contributed by atoms with Gasteiger partial charge < -0.3 is 10.3 Å². The van der Waals surface area contributed by atoms with E-state index in [9.17, 15) is 9.59 Å². The first-order chi connectivity index (χ1) is 13.6. The highest BCUT2D eigenvalue weighted by atomic mass is 35.5. The summed E-state index contributed by atoms with van der Waals surface area (Å²) in [5, 5.41) is 4.60. The lowest BCUT2D eigenvalue weighted by Gasteiger charge is -2.38. The van der Waals surface area contributed by atoms with Gasteiger partial charge in [-0.05, 0) is 42.0 Å². The van der Waals surface area contributed by atoms with Crippen LogP contribution in [0.25, 0.3) is 10.9 Å². The smallest absolute Gasteiger partial charge is 0.261 e. The topological polar surface area (TPSA) is 62.0 Å². The molecule has 4 nitrogen and oxygen atoms in total. The van der Waals surface area contributed by atoms with Crippen molar-refractivity contribution < 1.29 is 4.79 Å². The summed E-state index contributed by atoms with van der Waals surface area (Å²) in [6, 6.07) is 17.0. The van der Waals surface area contributed by atoms with Crippen LogP contribution >= 0.6 is 11.6 Å². The van der Waals surface area contributed by atoms with Crippen molar-refractivity contribution in [3.05, 3.63) is 81.1 Å². The number of aromatic amines is 1. The third-order valence-corrected chi connectivity index (χ3v) is 6.17. The van der Waals surface area contributed by atoms with E-state index in [0.29, 0.717) is 6.54 Å². The third kappa shape index (κ3) is 3.57. The highest BCUT2D eigenvalue weighted by molar-refractivity contribution is 6.31. The number of hydrogen-bond acceptors (Lipinski definition) is 2. The standard InChI is InChI=1S/C23H23ClN2O2/c24-19-10-4-3-9-18(19)23(12-6-1-7-13-23)15-25-21(27)17-14-16-8-2-5-11-20(16)26-22(17)28/h2-5,8-11,14H,1,6-7,12-13,15H2,(H,25,27)(H,26,28). The fourth-order valence-corrected chi connectivity index (χ4v) is 4.66. The summed E-state index contributed by atoms with van der Waals surface area (Å²) in [6.07, 6.45) is 5.37. The number of halogens is 1. The van der Waals surface area contributed by atoms with Gasteiger partial charge in [0.1, 0.15) is 5.56 Å². The van der Waals surface area contributed by atoms with E-state index in [-0.39, 0.29) is 22.4 Å². The van der Waals surface area contributed by atoms with Crippen LogP contribution in [0.3, 0.4) is 0 Å². The monoisotopic (exact) mass is 394 g/mol. The number of para-hydroxylation sites is 1. The molecule has 0 atom stereocenters. The van der Waals surface area contributed by atoms with Gasteiger partial charge in [0, 0.05) is 22.5 Å². The van der Waals surface area contributed by atoms with Gasteiger partial charge in [-0.2, -0.15) is 0 Å². The highest BCUT2D eigenvalue weighted by Crippen LogP contribution is 2.41. The molecule has 4 rings (SSSR count). The molecule has 0 unspecified atom stereocenters. The highest BCUT2D eigenvalue weighted by Gasteiger charge is 2.36. The number of rotatable bonds is 4. The minimum absolute atomic E-state index is 0.142. The summed E-state index contributed by atoms with van der Waals surface area (Å²) in [5.41, 5.74) is 1.40. The van der Waals surface area contributed by atoms with E-state index in [2.05, 4.69) is 16.4 Å². The van der Waals surface area contributed by atoms with Crippen molar-refractivity contribution in [2.24, 2.45) is 0 Å². The van der Waals surface area contributed by atoms with Gasteiger partial charge >= 0.3 is 0 Å². The van der Waals surface area contributed by atoms with Gasteiger partial charge in [0.2, 0.25) is 0 Å². The van der Waals surface area contributed by atoms with Gasteiger partial charge in [-0.3, -0.25) is 9.59 Å². The number of pyridine rings is 1. The minimum Gasteiger partial charge on any atom is -0.351 e. The number of hydrogen-bond donors (Lipinski definition) is 2. The number of carbonyl (C=O) groups is 1. The van der Waals surface area contributed by atoms with E-state index in [1.165, 1.54) is 6.42 Å². The number of nitrogens with one attached hydrogen (secondary N) is 2. The van der Waals surface area contributed by atoms with Crippen LogP contribution in [0.4, 0.5) is 0 Å². The van der Waals surface area contributed by atoms with Crippen LogP contribution < -0.4 is 10.9 Å². The van der Waals surface area contributed by atoms with Crippen molar-refractivity contribution in [3.8, 4) is 0 Å². The van der Waals surface area contributed by atoms with E-state index >= 15 is 0 Å². The van der Waals surface area contributed by atoms with Crippen molar-refractivity contribution in [2.45, 2.75) is 37.5 Å². The number of fused-ring (bicyclic) bond motifs is 1.